The van der Waals surface area contributed by atoms with E-state index in [9.17, 15) is 4.79 Å². The van der Waals surface area contributed by atoms with Crippen molar-refractivity contribution in [1.82, 2.24) is 14.8 Å². The fraction of sp³-hybridized carbons (Fsp3) is 0.211. The second-order valence-electron chi connectivity index (χ2n) is 5.93. The Labute approximate surface area is 186 Å². The number of carbonyl (C=O) groups excluding carboxylic acids is 1. The monoisotopic (exact) mass is 528 g/mol. The Bertz CT molecular complexity index is 965. The second-order valence-corrected chi connectivity index (χ2v) is 8.53. The van der Waals surface area contributed by atoms with Gasteiger partial charge in [0.15, 0.2) is 17.1 Å². The van der Waals surface area contributed by atoms with Crippen molar-refractivity contribution in [2.24, 2.45) is 7.05 Å². The normalized spacial score (nSPS) is 11.9. The van der Waals surface area contributed by atoms with Crippen molar-refractivity contribution in [3.63, 3.8) is 0 Å². The highest BCUT2D eigenvalue weighted by Gasteiger charge is 2.18. The van der Waals surface area contributed by atoms with Gasteiger partial charge in [0.2, 0.25) is 5.91 Å². The van der Waals surface area contributed by atoms with Gasteiger partial charge in [-0.3, -0.25) is 4.79 Å². The molecule has 6 nitrogen and oxygen atoms in total. The van der Waals surface area contributed by atoms with Gasteiger partial charge in [-0.1, -0.05) is 35.5 Å². The second kappa shape index (κ2) is 9.62. The third-order valence-electron chi connectivity index (χ3n) is 3.83. The molecule has 0 radical (unpaired) electrons. The number of hydrogen-bond acceptors (Lipinski definition) is 5. The first kappa shape index (κ1) is 20.9. The van der Waals surface area contributed by atoms with Gasteiger partial charge < -0.3 is 14.6 Å². The SMILES string of the molecule is C[C@H](Oc1ccccc1Cl)c1nnc(SCC(=O)Nc2ccc(I)cc2)n1C. The number of anilines is 1. The lowest BCUT2D eigenvalue weighted by Crippen LogP contribution is -2.14. The van der Waals surface area contributed by atoms with E-state index in [-0.39, 0.29) is 17.8 Å². The molecule has 1 N–H and O–H groups in total. The Morgan fingerprint density at radius 1 is 1.25 bits per heavy atom. The van der Waals surface area contributed by atoms with E-state index in [0.717, 1.165) is 9.26 Å². The standard InChI is InChI=1S/C19H18ClIN4O2S/c1-12(27-16-6-4-3-5-15(16)20)18-23-24-19(25(18)2)28-11-17(26)22-14-9-7-13(21)8-10-14/h3-10,12H,11H2,1-2H3,(H,22,26)/t12-/m0/s1. The third-order valence-corrected chi connectivity index (χ3v) is 5.88. The van der Waals surface area contributed by atoms with Gasteiger partial charge in [-0.2, -0.15) is 0 Å². The van der Waals surface area contributed by atoms with Crippen molar-refractivity contribution in [3.8, 4) is 5.75 Å². The number of thioether (sulfide) groups is 1. The molecule has 0 aliphatic carbocycles. The van der Waals surface area contributed by atoms with Crippen LogP contribution in [0.15, 0.2) is 53.7 Å². The van der Waals surface area contributed by atoms with Crippen LogP contribution in [0.25, 0.3) is 0 Å². The number of nitrogens with one attached hydrogen (secondary N) is 1. The van der Waals surface area contributed by atoms with Crippen LogP contribution in [-0.4, -0.2) is 26.4 Å². The first-order chi connectivity index (χ1) is 13.4. The van der Waals surface area contributed by atoms with Crippen LogP contribution < -0.4 is 10.1 Å². The number of ether oxygens (including phenoxy) is 1. The summed E-state index contributed by atoms with van der Waals surface area (Å²) in [6.45, 7) is 1.88. The number of aromatic nitrogens is 3. The average Bonchev–Trinajstić information content (AvgIpc) is 3.04. The van der Waals surface area contributed by atoms with Crippen molar-refractivity contribution in [2.45, 2.75) is 18.2 Å². The topological polar surface area (TPSA) is 69.0 Å². The lowest BCUT2D eigenvalue weighted by molar-refractivity contribution is -0.113. The molecule has 0 saturated carbocycles. The van der Waals surface area contributed by atoms with E-state index in [1.165, 1.54) is 11.8 Å². The molecule has 3 rings (SSSR count). The zero-order chi connectivity index (χ0) is 20.1. The van der Waals surface area contributed by atoms with Crippen molar-refractivity contribution in [2.75, 3.05) is 11.1 Å². The van der Waals surface area contributed by atoms with Crippen LogP contribution in [0.4, 0.5) is 5.69 Å². The predicted octanol–water partition coefficient (Wildman–Crippen LogP) is 4.94. The Morgan fingerprint density at radius 2 is 1.96 bits per heavy atom. The molecule has 0 unspecified atom stereocenters. The number of nitrogens with zero attached hydrogens (tertiary/aromatic N) is 3. The number of hydrogen-bond donors (Lipinski definition) is 1. The van der Waals surface area contributed by atoms with E-state index in [4.69, 9.17) is 16.3 Å². The zero-order valence-corrected chi connectivity index (χ0v) is 19.0. The summed E-state index contributed by atoms with van der Waals surface area (Å²) in [6.07, 6.45) is -0.340. The maximum atomic E-state index is 12.2. The maximum absolute atomic E-state index is 12.2. The van der Waals surface area contributed by atoms with Gasteiger partial charge in [0, 0.05) is 16.3 Å². The molecule has 0 fully saturated rings. The predicted molar refractivity (Wildman–Crippen MR) is 120 cm³/mol. The highest BCUT2D eigenvalue weighted by atomic mass is 127. The van der Waals surface area contributed by atoms with Gasteiger partial charge in [0.25, 0.3) is 0 Å². The van der Waals surface area contributed by atoms with Gasteiger partial charge in [0.05, 0.1) is 10.8 Å². The van der Waals surface area contributed by atoms with Crippen molar-refractivity contribution >= 4 is 57.5 Å². The lowest BCUT2D eigenvalue weighted by atomic mass is 10.3. The molecule has 1 atom stereocenters. The minimum atomic E-state index is -0.340. The summed E-state index contributed by atoms with van der Waals surface area (Å²) in [5, 5.41) is 12.4. The third kappa shape index (κ3) is 5.39. The van der Waals surface area contributed by atoms with Crippen LogP contribution in [0.2, 0.25) is 5.02 Å². The van der Waals surface area contributed by atoms with E-state index >= 15 is 0 Å². The quantitative estimate of drug-likeness (QED) is 0.347. The summed E-state index contributed by atoms with van der Waals surface area (Å²) in [7, 11) is 1.85. The Morgan fingerprint density at radius 3 is 2.68 bits per heavy atom. The smallest absolute Gasteiger partial charge is 0.234 e. The highest BCUT2D eigenvalue weighted by Crippen LogP contribution is 2.29. The van der Waals surface area contributed by atoms with E-state index in [2.05, 4.69) is 38.1 Å². The van der Waals surface area contributed by atoms with Gasteiger partial charge in [-0.25, -0.2) is 0 Å². The summed E-state index contributed by atoms with van der Waals surface area (Å²) < 4.78 is 8.83. The van der Waals surface area contributed by atoms with Crippen LogP contribution in [-0.2, 0) is 11.8 Å². The molecule has 0 bridgehead atoms. The average molecular weight is 529 g/mol. The Balaban J connectivity index is 1.58. The Kier molecular flexibility index (Phi) is 7.19. The summed E-state index contributed by atoms with van der Waals surface area (Å²) in [6, 6.07) is 14.9. The number of carbonyl (C=O) groups is 1. The van der Waals surface area contributed by atoms with Gasteiger partial charge >= 0.3 is 0 Å². The number of rotatable bonds is 7. The molecule has 0 aliphatic heterocycles. The summed E-state index contributed by atoms with van der Waals surface area (Å²) in [4.78, 5) is 12.2. The molecular formula is C19H18ClIN4O2S. The van der Waals surface area contributed by atoms with E-state index in [0.29, 0.717) is 21.8 Å². The molecule has 1 aromatic heterocycles. The van der Waals surface area contributed by atoms with Crippen molar-refractivity contribution in [1.29, 1.82) is 0 Å². The summed E-state index contributed by atoms with van der Waals surface area (Å²) in [5.74, 6) is 1.37. The van der Waals surface area contributed by atoms with Gasteiger partial charge in [0.1, 0.15) is 5.75 Å². The van der Waals surface area contributed by atoms with Gasteiger partial charge in [-0.15, -0.1) is 10.2 Å². The van der Waals surface area contributed by atoms with E-state index in [1.807, 2.05) is 54.9 Å². The highest BCUT2D eigenvalue weighted by molar-refractivity contribution is 14.1. The summed E-state index contributed by atoms with van der Waals surface area (Å²) >= 11 is 9.68. The van der Waals surface area contributed by atoms with Crippen LogP contribution >= 0.6 is 46.0 Å². The van der Waals surface area contributed by atoms with Gasteiger partial charge in [-0.05, 0) is 65.9 Å². The molecule has 0 aliphatic rings. The van der Waals surface area contributed by atoms with Crippen LogP contribution in [0.5, 0.6) is 5.75 Å². The number of amides is 1. The number of benzene rings is 2. The molecule has 3 aromatic rings. The number of para-hydroxylation sites is 1. The first-order valence-electron chi connectivity index (χ1n) is 8.42. The van der Waals surface area contributed by atoms with Crippen molar-refractivity contribution < 1.29 is 9.53 Å². The fourth-order valence-electron chi connectivity index (χ4n) is 2.45. The molecule has 28 heavy (non-hydrogen) atoms. The van der Waals surface area contributed by atoms with Crippen LogP contribution in [0.1, 0.15) is 18.9 Å². The number of halogens is 2. The van der Waals surface area contributed by atoms with Crippen LogP contribution in [0.3, 0.4) is 0 Å². The molecule has 146 valence electrons. The molecular weight excluding hydrogens is 511 g/mol. The first-order valence-corrected chi connectivity index (χ1v) is 10.9. The minimum absolute atomic E-state index is 0.101. The summed E-state index contributed by atoms with van der Waals surface area (Å²) in [5.41, 5.74) is 0.770. The zero-order valence-electron chi connectivity index (χ0n) is 15.2. The minimum Gasteiger partial charge on any atom is -0.481 e. The van der Waals surface area contributed by atoms with Crippen LogP contribution in [0, 0.1) is 3.57 Å². The van der Waals surface area contributed by atoms with E-state index < -0.39 is 0 Å². The largest absolute Gasteiger partial charge is 0.481 e. The van der Waals surface area contributed by atoms with Crippen molar-refractivity contribution in [3.05, 3.63) is 62.9 Å². The maximum Gasteiger partial charge on any atom is 0.234 e. The fourth-order valence-corrected chi connectivity index (χ4v) is 3.71. The lowest BCUT2D eigenvalue weighted by Gasteiger charge is -2.15. The molecule has 0 saturated heterocycles. The molecule has 1 amide bonds. The molecule has 0 spiro atoms. The van der Waals surface area contributed by atoms with E-state index in [1.54, 1.807) is 12.1 Å². The molecule has 2 aromatic carbocycles. The molecule has 1 heterocycles. The Hall–Kier alpha value is -1.78. The molecule has 9 heteroatoms.